The quantitative estimate of drug-likeness (QED) is 0.622. The lowest BCUT2D eigenvalue weighted by Crippen LogP contribution is -2.50. The normalized spacial score (nSPS) is 16.5. The number of carbonyl (C=O) groups is 1. The van der Waals surface area contributed by atoms with Gasteiger partial charge in [-0.3, -0.25) is 9.69 Å². The van der Waals surface area contributed by atoms with Gasteiger partial charge in [0.15, 0.2) is 11.5 Å². The number of piperazine rings is 1. The first kappa shape index (κ1) is 21.3. The standard InChI is InChI=1S/C26H26FN3O3/c27-21-9-6-19(7-10-21)26(31)28-17-23(20-8-11-24-25(16-20)33-18-32-24)30-14-12-29(13-15-30)22-4-2-1-3-5-22/h1-11,16,23H,12-15,17-18H2,(H,28,31)/t23-/m0/s1. The van der Waals surface area contributed by atoms with Gasteiger partial charge in [-0.1, -0.05) is 24.3 Å². The SMILES string of the molecule is O=C(NC[C@@H](c1ccc2c(c1)OCO2)N1CCN(c2ccccc2)CC1)c1ccc(F)cc1. The molecular weight excluding hydrogens is 421 g/mol. The maximum atomic E-state index is 13.2. The van der Waals surface area contributed by atoms with Gasteiger partial charge < -0.3 is 19.7 Å². The molecule has 2 aliphatic heterocycles. The van der Waals surface area contributed by atoms with Crippen LogP contribution in [-0.4, -0.2) is 50.3 Å². The molecule has 1 fully saturated rings. The predicted molar refractivity (Wildman–Crippen MR) is 124 cm³/mol. The molecule has 3 aromatic carbocycles. The molecular formula is C26H26FN3O3. The number of nitrogens with zero attached hydrogens (tertiary/aromatic N) is 2. The lowest BCUT2D eigenvalue weighted by molar-refractivity contribution is 0.0930. The fourth-order valence-corrected chi connectivity index (χ4v) is 4.40. The maximum Gasteiger partial charge on any atom is 0.251 e. The second kappa shape index (κ2) is 9.50. The molecule has 33 heavy (non-hydrogen) atoms. The number of rotatable bonds is 6. The van der Waals surface area contributed by atoms with Crippen LogP contribution >= 0.6 is 0 Å². The molecule has 1 saturated heterocycles. The first-order valence-electron chi connectivity index (χ1n) is 11.1. The van der Waals surface area contributed by atoms with Gasteiger partial charge in [0.1, 0.15) is 5.82 Å². The number of hydrogen-bond acceptors (Lipinski definition) is 5. The van der Waals surface area contributed by atoms with Gasteiger partial charge in [-0.05, 0) is 54.1 Å². The van der Waals surface area contributed by atoms with Crippen molar-refractivity contribution in [1.29, 1.82) is 0 Å². The zero-order valence-corrected chi connectivity index (χ0v) is 18.2. The van der Waals surface area contributed by atoms with E-state index < -0.39 is 0 Å². The van der Waals surface area contributed by atoms with E-state index in [9.17, 15) is 9.18 Å². The Balaban J connectivity index is 1.32. The summed E-state index contributed by atoms with van der Waals surface area (Å²) in [5.74, 6) is 0.886. The zero-order chi connectivity index (χ0) is 22.6. The van der Waals surface area contributed by atoms with Crippen molar-refractivity contribution in [2.24, 2.45) is 0 Å². The predicted octanol–water partition coefficient (Wildman–Crippen LogP) is 3.85. The Labute approximate surface area is 192 Å². The Hall–Kier alpha value is -3.58. The number of anilines is 1. The van der Waals surface area contributed by atoms with Crippen LogP contribution in [-0.2, 0) is 0 Å². The molecule has 5 rings (SSSR count). The highest BCUT2D eigenvalue weighted by atomic mass is 19.1. The number of amides is 1. The number of fused-ring (bicyclic) bond motifs is 1. The van der Waals surface area contributed by atoms with E-state index in [1.807, 2.05) is 24.3 Å². The van der Waals surface area contributed by atoms with E-state index in [0.717, 1.165) is 43.2 Å². The van der Waals surface area contributed by atoms with E-state index in [-0.39, 0.29) is 24.6 Å². The second-order valence-corrected chi connectivity index (χ2v) is 8.20. The number of halogens is 1. The fourth-order valence-electron chi connectivity index (χ4n) is 4.40. The Morgan fingerprint density at radius 1 is 0.909 bits per heavy atom. The highest BCUT2D eigenvalue weighted by Gasteiger charge is 2.27. The summed E-state index contributed by atoms with van der Waals surface area (Å²) in [5, 5.41) is 3.04. The number of ether oxygens (including phenoxy) is 2. The molecule has 2 aliphatic rings. The van der Waals surface area contributed by atoms with Gasteiger partial charge in [-0.2, -0.15) is 0 Å². The van der Waals surface area contributed by atoms with Crippen LogP contribution in [0.1, 0.15) is 22.0 Å². The van der Waals surface area contributed by atoms with Crippen molar-refractivity contribution in [2.75, 3.05) is 44.4 Å². The Morgan fingerprint density at radius 2 is 1.64 bits per heavy atom. The monoisotopic (exact) mass is 447 g/mol. The molecule has 0 radical (unpaired) electrons. The number of nitrogens with one attached hydrogen (secondary N) is 1. The molecule has 1 amide bonds. The molecule has 7 heteroatoms. The summed E-state index contributed by atoms with van der Waals surface area (Å²) in [6.07, 6.45) is 0. The van der Waals surface area contributed by atoms with Crippen molar-refractivity contribution in [3.05, 3.63) is 89.7 Å². The Bertz CT molecular complexity index is 1100. The molecule has 0 spiro atoms. The first-order chi connectivity index (χ1) is 16.2. The van der Waals surface area contributed by atoms with Gasteiger partial charge in [0.2, 0.25) is 6.79 Å². The van der Waals surface area contributed by atoms with Crippen LogP contribution in [0.2, 0.25) is 0 Å². The van der Waals surface area contributed by atoms with Crippen LogP contribution in [0, 0.1) is 5.82 Å². The summed E-state index contributed by atoms with van der Waals surface area (Å²) >= 11 is 0. The average Bonchev–Trinajstić information content (AvgIpc) is 3.33. The van der Waals surface area contributed by atoms with E-state index in [1.54, 1.807) is 0 Å². The van der Waals surface area contributed by atoms with Gasteiger partial charge in [0.05, 0.1) is 6.04 Å². The summed E-state index contributed by atoms with van der Waals surface area (Å²) in [6, 6.07) is 21.9. The van der Waals surface area contributed by atoms with Crippen LogP contribution in [0.25, 0.3) is 0 Å². The minimum absolute atomic E-state index is 0.0261. The molecule has 0 unspecified atom stereocenters. The van der Waals surface area contributed by atoms with Crippen molar-refractivity contribution in [2.45, 2.75) is 6.04 Å². The van der Waals surface area contributed by atoms with Crippen LogP contribution in [0.4, 0.5) is 10.1 Å². The Morgan fingerprint density at radius 3 is 2.39 bits per heavy atom. The van der Waals surface area contributed by atoms with Crippen molar-refractivity contribution >= 4 is 11.6 Å². The van der Waals surface area contributed by atoms with Gasteiger partial charge in [0, 0.05) is 44.0 Å². The van der Waals surface area contributed by atoms with Crippen LogP contribution < -0.4 is 19.7 Å². The van der Waals surface area contributed by atoms with Crippen molar-refractivity contribution < 1.29 is 18.7 Å². The molecule has 0 bridgehead atoms. The van der Waals surface area contributed by atoms with Crippen molar-refractivity contribution in [3.8, 4) is 11.5 Å². The number of para-hydroxylation sites is 1. The molecule has 170 valence electrons. The summed E-state index contributed by atoms with van der Waals surface area (Å²) in [4.78, 5) is 17.5. The maximum absolute atomic E-state index is 13.2. The van der Waals surface area contributed by atoms with E-state index in [1.165, 1.54) is 30.0 Å². The van der Waals surface area contributed by atoms with E-state index in [2.05, 4.69) is 39.4 Å². The lowest BCUT2D eigenvalue weighted by Gasteiger charge is -2.40. The third-order valence-corrected chi connectivity index (χ3v) is 6.22. The highest BCUT2D eigenvalue weighted by molar-refractivity contribution is 5.94. The number of carbonyl (C=O) groups excluding carboxylic acids is 1. The number of hydrogen-bond donors (Lipinski definition) is 1. The minimum atomic E-state index is -0.360. The molecule has 3 aromatic rings. The van der Waals surface area contributed by atoms with Crippen molar-refractivity contribution in [1.82, 2.24) is 10.2 Å². The van der Waals surface area contributed by atoms with Crippen molar-refractivity contribution in [3.63, 3.8) is 0 Å². The summed E-state index contributed by atoms with van der Waals surface area (Å²) < 4.78 is 24.3. The highest BCUT2D eigenvalue weighted by Crippen LogP contribution is 2.35. The minimum Gasteiger partial charge on any atom is -0.454 e. The summed E-state index contributed by atoms with van der Waals surface area (Å²) in [6.45, 7) is 4.18. The second-order valence-electron chi connectivity index (χ2n) is 8.20. The van der Waals surface area contributed by atoms with Gasteiger partial charge in [0.25, 0.3) is 5.91 Å². The largest absolute Gasteiger partial charge is 0.454 e. The molecule has 0 aliphatic carbocycles. The smallest absolute Gasteiger partial charge is 0.251 e. The van der Waals surface area contributed by atoms with Gasteiger partial charge in [-0.25, -0.2) is 4.39 Å². The third-order valence-electron chi connectivity index (χ3n) is 6.22. The van der Waals surface area contributed by atoms with Crippen LogP contribution in [0.3, 0.4) is 0 Å². The number of benzene rings is 3. The molecule has 2 heterocycles. The molecule has 6 nitrogen and oxygen atoms in total. The molecule has 0 saturated carbocycles. The summed E-state index contributed by atoms with van der Waals surface area (Å²) in [7, 11) is 0. The van der Waals surface area contributed by atoms with Gasteiger partial charge in [-0.15, -0.1) is 0 Å². The summed E-state index contributed by atoms with van der Waals surface area (Å²) in [5.41, 5.74) is 2.72. The first-order valence-corrected chi connectivity index (χ1v) is 11.1. The molecule has 1 atom stereocenters. The fraction of sp³-hybridized carbons (Fsp3) is 0.269. The van der Waals surface area contributed by atoms with E-state index >= 15 is 0 Å². The average molecular weight is 448 g/mol. The van der Waals surface area contributed by atoms with Crippen LogP contribution in [0.5, 0.6) is 11.5 Å². The van der Waals surface area contributed by atoms with Crippen LogP contribution in [0.15, 0.2) is 72.8 Å². The van der Waals surface area contributed by atoms with E-state index in [4.69, 9.17) is 9.47 Å². The third kappa shape index (κ3) is 4.78. The molecule has 0 aromatic heterocycles. The Kier molecular flexibility index (Phi) is 6.13. The lowest BCUT2D eigenvalue weighted by atomic mass is 10.0. The van der Waals surface area contributed by atoms with E-state index in [0.29, 0.717) is 12.1 Å². The molecule has 1 N–H and O–H groups in total. The zero-order valence-electron chi connectivity index (χ0n) is 18.2. The van der Waals surface area contributed by atoms with Gasteiger partial charge >= 0.3 is 0 Å². The topological polar surface area (TPSA) is 54.0 Å².